The van der Waals surface area contributed by atoms with Crippen LogP contribution in [0.3, 0.4) is 0 Å². The van der Waals surface area contributed by atoms with Crippen molar-refractivity contribution in [3.63, 3.8) is 0 Å². The molecule has 1 aliphatic heterocycles. The zero-order valence-electron chi connectivity index (χ0n) is 12.8. The van der Waals surface area contributed by atoms with E-state index < -0.39 is 0 Å². The van der Waals surface area contributed by atoms with Gasteiger partial charge in [0.25, 0.3) is 0 Å². The van der Waals surface area contributed by atoms with Crippen molar-refractivity contribution in [2.45, 2.75) is 58.2 Å². The van der Waals surface area contributed by atoms with Crippen LogP contribution in [-0.2, 0) is 0 Å². The second-order valence-electron chi connectivity index (χ2n) is 6.50. The highest BCUT2D eigenvalue weighted by atomic mass is 15.3. The van der Waals surface area contributed by atoms with Gasteiger partial charge in [-0.25, -0.2) is 0 Å². The minimum atomic E-state index is 0.216. The minimum Gasteiger partial charge on any atom is -0.309 e. The minimum absolute atomic E-state index is 0.216. The molecule has 1 aliphatic rings. The molecule has 0 radical (unpaired) electrons. The van der Waals surface area contributed by atoms with E-state index in [4.69, 9.17) is 0 Å². The number of rotatable bonds is 4. The molecule has 2 unspecified atom stereocenters. The van der Waals surface area contributed by atoms with E-state index in [1.54, 1.807) is 0 Å². The Morgan fingerprint density at radius 3 is 2.63 bits per heavy atom. The molecular weight excluding hydrogens is 232 g/mol. The van der Waals surface area contributed by atoms with Crippen LogP contribution < -0.4 is 5.32 Å². The van der Waals surface area contributed by atoms with Crippen LogP contribution in [0.2, 0.25) is 0 Å². The molecule has 1 heterocycles. The molecule has 1 N–H and O–H groups in total. The molecule has 0 aliphatic carbocycles. The molecule has 1 fully saturated rings. The van der Waals surface area contributed by atoms with Crippen LogP contribution in [0.4, 0.5) is 0 Å². The van der Waals surface area contributed by atoms with Crippen molar-refractivity contribution in [2.75, 3.05) is 13.1 Å². The van der Waals surface area contributed by atoms with Gasteiger partial charge in [0.1, 0.15) is 0 Å². The van der Waals surface area contributed by atoms with Crippen LogP contribution in [0.5, 0.6) is 0 Å². The summed E-state index contributed by atoms with van der Waals surface area (Å²) in [5.41, 5.74) is 1.65. The van der Waals surface area contributed by atoms with Crippen molar-refractivity contribution in [1.82, 2.24) is 10.2 Å². The first-order valence-electron chi connectivity index (χ1n) is 7.59. The monoisotopic (exact) mass is 260 g/mol. The Morgan fingerprint density at radius 1 is 1.32 bits per heavy atom. The van der Waals surface area contributed by atoms with Gasteiger partial charge in [0.2, 0.25) is 0 Å². The van der Waals surface area contributed by atoms with Gasteiger partial charge in [-0.3, -0.25) is 4.90 Å². The molecule has 0 bridgehead atoms. The number of hydrogen-bond donors (Lipinski definition) is 1. The van der Waals surface area contributed by atoms with Gasteiger partial charge in [-0.1, -0.05) is 43.7 Å². The Balaban J connectivity index is 2.20. The average molecular weight is 260 g/mol. The lowest BCUT2D eigenvalue weighted by Crippen LogP contribution is -2.60. The van der Waals surface area contributed by atoms with E-state index >= 15 is 0 Å². The molecule has 0 amide bonds. The second kappa shape index (κ2) is 6.06. The zero-order chi connectivity index (χ0) is 13.9. The Morgan fingerprint density at radius 2 is 2.00 bits per heavy atom. The van der Waals surface area contributed by atoms with Gasteiger partial charge in [-0.15, -0.1) is 0 Å². The van der Waals surface area contributed by atoms with Gasteiger partial charge in [0.05, 0.1) is 0 Å². The lowest BCUT2D eigenvalue weighted by Gasteiger charge is -2.47. The fourth-order valence-electron chi connectivity index (χ4n) is 3.14. The predicted molar refractivity (Wildman–Crippen MR) is 82.3 cm³/mol. The smallest absolute Gasteiger partial charge is 0.0476 e. The molecule has 2 atom stereocenters. The molecular formula is C17H28N2. The maximum Gasteiger partial charge on any atom is 0.0476 e. The number of nitrogens with one attached hydrogen (secondary N) is 1. The normalized spacial score (nSPS) is 25.2. The Bertz CT molecular complexity index is 386. The summed E-state index contributed by atoms with van der Waals surface area (Å²) in [6, 6.07) is 12.1. The molecule has 0 saturated carbocycles. The van der Waals surface area contributed by atoms with Gasteiger partial charge < -0.3 is 5.32 Å². The summed E-state index contributed by atoms with van der Waals surface area (Å²) in [4.78, 5) is 2.69. The van der Waals surface area contributed by atoms with E-state index in [1.165, 1.54) is 18.4 Å². The summed E-state index contributed by atoms with van der Waals surface area (Å²) in [7, 11) is 0. The van der Waals surface area contributed by atoms with Crippen LogP contribution in [0.15, 0.2) is 30.3 Å². The van der Waals surface area contributed by atoms with Gasteiger partial charge in [-0.2, -0.15) is 0 Å². The van der Waals surface area contributed by atoms with E-state index in [1.807, 2.05) is 0 Å². The van der Waals surface area contributed by atoms with Crippen molar-refractivity contribution in [3.05, 3.63) is 35.9 Å². The summed E-state index contributed by atoms with van der Waals surface area (Å²) in [6.45, 7) is 11.4. The number of hydrogen-bond acceptors (Lipinski definition) is 2. The topological polar surface area (TPSA) is 15.3 Å². The third kappa shape index (κ3) is 3.58. The molecule has 19 heavy (non-hydrogen) atoms. The van der Waals surface area contributed by atoms with E-state index in [9.17, 15) is 0 Å². The molecule has 0 aromatic heterocycles. The molecule has 106 valence electrons. The van der Waals surface area contributed by atoms with Crippen LogP contribution in [0.25, 0.3) is 0 Å². The van der Waals surface area contributed by atoms with E-state index in [-0.39, 0.29) is 5.54 Å². The fraction of sp³-hybridized carbons (Fsp3) is 0.647. The third-order valence-corrected chi connectivity index (χ3v) is 4.21. The van der Waals surface area contributed by atoms with E-state index in [0.29, 0.717) is 12.1 Å². The third-order valence-electron chi connectivity index (χ3n) is 4.21. The molecule has 1 saturated heterocycles. The quantitative estimate of drug-likeness (QED) is 0.890. The summed E-state index contributed by atoms with van der Waals surface area (Å²) in [6.07, 6.45) is 2.53. The van der Waals surface area contributed by atoms with Gasteiger partial charge in [-0.05, 0) is 32.8 Å². The van der Waals surface area contributed by atoms with Crippen molar-refractivity contribution in [2.24, 2.45) is 0 Å². The predicted octanol–water partition coefficient (Wildman–Crippen LogP) is 3.60. The highest BCUT2D eigenvalue weighted by Crippen LogP contribution is 2.29. The van der Waals surface area contributed by atoms with Crippen LogP contribution in [0, 0.1) is 0 Å². The molecule has 2 heteroatoms. The molecule has 1 aromatic carbocycles. The van der Waals surface area contributed by atoms with Gasteiger partial charge in [0.15, 0.2) is 0 Å². The van der Waals surface area contributed by atoms with Gasteiger partial charge >= 0.3 is 0 Å². The SMILES string of the molecule is CCCC(C)N1CC(C)(C)NCC1c1ccccc1. The van der Waals surface area contributed by atoms with Crippen LogP contribution in [-0.4, -0.2) is 29.6 Å². The Kier molecular flexibility index (Phi) is 4.64. The molecule has 2 nitrogen and oxygen atoms in total. The zero-order valence-corrected chi connectivity index (χ0v) is 12.8. The van der Waals surface area contributed by atoms with Crippen LogP contribution in [0.1, 0.15) is 52.1 Å². The Labute approximate surface area is 118 Å². The first-order chi connectivity index (χ1) is 9.03. The highest BCUT2D eigenvalue weighted by molar-refractivity contribution is 5.21. The lowest BCUT2D eigenvalue weighted by atomic mass is 9.92. The van der Waals surface area contributed by atoms with E-state index in [0.717, 1.165) is 13.1 Å². The summed E-state index contributed by atoms with van der Waals surface area (Å²) in [5, 5.41) is 3.69. The average Bonchev–Trinajstić information content (AvgIpc) is 2.39. The maximum atomic E-state index is 3.69. The van der Waals surface area contributed by atoms with Crippen molar-refractivity contribution < 1.29 is 0 Å². The molecule has 0 spiro atoms. The summed E-state index contributed by atoms with van der Waals surface area (Å²) >= 11 is 0. The first-order valence-corrected chi connectivity index (χ1v) is 7.59. The van der Waals surface area contributed by atoms with Gasteiger partial charge in [0, 0.05) is 30.7 Å². The number of nitrogens with zero attached hydrogens (tertiary/aromatic N) is 1. The number of benzene rings is 1. The van der Waals surface area contributed by atoms with E-state index in [2.05, 4.69) is 68.2 Å². The molecule has 1 aromatic rings. The lowest BCUT2D eigenvalue weighted by molar-refractivity contribution is 0.0562. The summed E-state index contributed by atoms with van der Waals surface area (Å²) in [5.74, 6) is 0. The fourth-order valence-corrected chi connectivity index (χ4v) is 3.14. The Hall–Kier alpha value is -0.860. The highest BCUT2D eigenvalue weighted by Gasteiger charge is 2.35. The maximum absolute atomic E-state index is 3.69. The number of piperazine rings is 1. The standard InChI is InChI=1S/C17H28N2/c1-5-9-14(2)19-13-17(3,4)18-12-16(19)15-10-7-6-8-11-15/h6-8,10-11,14,16,18H,5,9,12-13H2,1-4H3. The van der Waals surface area contributed by atoms with Crippen LogP contribution >= 0.6 is 0 Å². The first kappa shape index (κ1) is 14.5. The summed E-state index contributed by atoms with van der Waals surface area (Å²) < 4.78 is 0. The molecule has 2 rings (SSSR count). The largest absolute Gasteiger partial charge is 0.309 e. The van der Waals surface area contributed by atoms with Crippen molar-refractivity contribution in [3.8, 4) is 0 Å². The second-order valence-corrected chi connectivity index (χ2v) is 6.50. The van der Waals surface area contributed by atoms with Crippen molar-refractivity contribution in [1.29, 1.82) is 0 Å². The van der Waals surface area contributed by atoms with Crippen molar-refractivity contribution >= 4 is 0 Å².